The summed E-state index contributed by atoms with van der Waals surface area (Å²) in [5.74, 6) is 0.620. The summed E-state index contributed by atoms with van der Waals surface area (Å²) in [5.41, 5.74) is 3.78. The number of ether oxygens (including phenoxy) is 1. The first-order chi connectivity index (χ1) is 14.1. The van der Waals surface area contributed by atoms with E-state index in [9.17, 15) is 4.79 Å². The van der Waals surface area contributed by atoms with E-state index in [2.05, 4.69) is 25.1 Å². The Morgan fingerprint density at radius 3 is 2.90 bits per heavy atom. The summed E-state index contributed by atoms with van der Waals surface area (Å²) in [4.78, 5) is 31.2. The molecule has 0 saturated carbocycles. The van der Waals surface area contributed by atoms with Gasteiger partial charge in [-0.15, -0.1) is 0 Å². The fourth-order valence-electron chi connectivity index (χ4n) is 3.48. The lowest BCUT2D eigenvalue weighted by Gasteiger charge is -2.32. The summed E-state index contributed by atoms with van der Waals surface area (Å²) in [7, 11) is 0. The minimum absolute atomic E-state index is 0.0538. The van der Waals surface area contributed by atoms with Gasteiger partial charge in [-0.2, -0.15) is 0 Å². The number of carbonyl (C=O) groups excluding carboxylic acids is 1. The molecule has 1 amide bonds. The Labute approximate surface area is 168 Å². The molecule has 9 heteroatoms. The molecule has 1 unspecified atom stereocenters. The molecule has 0 aromatic carbocycles. The van der Waals surface area contributed by atoms with Gasteiger partial charge in [0, 0.05) is 31.2 Å². The van der Waals surface area contributed by atoms with Gasteiger partial charge in [-0.05, 0) is 32.8 Å². The van der Waals surface area contributed by atoms with Crippen LogP contribution < -0.4 is 0 Å². The molecule has 3 aromatic rings. The third-order valence-electron chi connectivity index (χ3n) is 4.94. The molecule has 1 aliphatic heterocycles. The number of carbonyl (C=O) groups is 1. The monoisotopic (exact) mass is 394 g/mol. The molecule has 150 valence electrons. The first kappa shape index (κ1) is 19.1. The van der Waals surface area contributed by atoms with E-state index in [-0.39, 0.29) is 12.0 Å². The number of amides is 1. The van der Waals surface area contributed by atoms with Crippen molar-refractivity contribution in [1.29, 1.82) is 0 Å². The molecule has 1 fully saturated rings. The number of aromatic nitrogens is 5. The standard InChI is InChI=1S/C20H22N6O3/c1-13-19(14(2)29-25-13)17-9-15(23-12-24-17)3-4-16-11-26(7-8-28-16)20(27)18-10-21-5-6-22-18/h5-6,9-10,12,16H,3-4,7-8,11H2,1-2H3. The van der Waals surface area contributed by atoms with Gasteiger partial charge in [0.05, 0.1) is 35.9 Å². The van der Waals surface area contributed by atoms with Crippen LogP contribution in [0.25, 0.3) is 11.3 Å². The summed E-state index contributed by atoms with van der Waals surface area (Å²) in [6.45, 7) is 5.35. The highest BCUT2D eigenvalue weighted by Crippen LogP contribution is 2.25. The van der Waals surface area contributed by atoms with E-state index in [1.54, 1.807) is 17.4 Å². The molecule has 0 bridgehead atoms. The molecule has 9 nitrogen and oxygen atoms in total. The van der Waals surface area contributed by atoms with Crippen molar-refractivity contribution in [2.45, 2.75) is 32.8 Å². The second-order valence-corrected chi connectivity index (χ2v) is 6.97. The maximum absolute atomic E-state index is 12.6. The van der Waals surface area contributed by atoms with Crippen LogP contribution in [-0.4, -0.2) is 61.7 Å². The quantitative estimate of drug-likeness (QED) is 0.647. The lowest BCUT2D eigenvalue weighted by Crippen LogP contribution is -2.46. The van der Waals surface area contributed by atoms with Gasteiger partial charge in [-0.1, -0.05) is 5.16 Å². The van der Waals surface area contributed by atoms with Crippen LogP contribution in [0.2, 0.25) is 0 Å². The van der Waals surface area contributed by atoms with Crippen LogP contribution in [0.15, 0.2) is 35.5 Å². The fraction of sp³-hybridized carbons (Fsp3) is 0.400. The largest absolute Gasteiger partial charge is 0.375 e. The van der Waals surface area contributed by atoms with Gasteiger partial charge in [0.1, 0.15) is 17.8 Å². The van der Waals surface area contributed by atoms with Crippen LogP contribution in [-0.2, 0) is 11.2 Å². The second-order valence-electron chi connectivity index (χ2n) is 6.97. The number of morpholine rings is 1. The van der Waals surface area contributed by atoms with Crippen molar-refractivity contribution in [1.82, 2.24) is 30.0 Å². The summed E-state index contributed by atoms with van der Waals surface area (Å²) >= 11 is 0. The molecule has 4 rings (SSSR count). The molecule has 29 heavy (non-hydrogen) atoms. The Morgan fingerprint density at radius 2 is 2.14 bits per heavy atom. The Morgan fingerprint density at radius 1 is 1.24 bits per heavy atom. The van der Waals surface area contributed by atoms with Crippen LogP contribution in [0.3, 0.4) is 0 Å². The predicted molar refractivity (Wildman–Crippen MR) is 103 cm³/mol. The first-order valence-corrected chi connectivity index (χ1v) is 9.53. The van der Waals surface area contributed by atoms with Crippen LogP contribution in [0.1, 0.15) is 34.1 Å². The number of nitrogens with zero attached hydrogens (tertiary/aromatic N) is 6. The number of hydrogen-bond acceptors (Lipinski definition) is 8. The second kappa shape index (κ2) is 8.44. The molecular formula is C20H22N6O3. The Hall–Kier alpha value is -3.20. The van der Waals surface area contributed by atoms with Gasteiger partial charge in [0.25, 0.3) is 5.91 Å². The zero-order valence-electron chi connectivity index (χ0n) is 16.4. The Balaban J connectivity index is 1.39. The number of aryl methyl sites for hydroxylation is 3. The average Bonchev–Trinajstić information content (AvgIpc) is 3.11. The maximum Gasteiger partial charge on any atom is 0.274 e. The highest BCUT2D eigenvalue weighted by Gasteiger charge is 2.26. The Kier molecular flexibility index (Phi) is 5.57. The van der Waals surface area contributed by atoms with Crippen molar-refractivity contribution in [3.63, 3.8) is 0 Å². The molecule has 1 atom stereocenters. The smallest absolute Gasteiger partial charge is 0.274 e. The average molecular weight is 394 g/mol. The van der Waals surface area contributed by atoms with E-state index in [0.29, 0.717) is 25.4 Å². The third kappa shape index (κ3) is 4.29. The molecule has 3 aromatic heterocycles. The highest BCUT2D eigenvalue weighted by molar-refractivity contribution is 5.92. The Bertz CT molecular complexity index is 971. The molecule has 0 aliphatic carbocycles. The van der Waals surface area contributed by atoms with E-state index < -0.39 is 0 Å². The predicted octanol–water partition coefficient (Wildman–Crippen LogP) is 2.01. The van der Waals surface area contributed by atoms with Crippen molar-refractivity contribution < 1.29 is 14.1 Å². The van der Waals surface area contributed by atoms with E-state index in [0.717, 1.165) is 41.2 Å². The van der Waals surface area contributed by atoms with Crippen molar-refractivity contribution in [3.8, 4) is 11.3 Å². The van der Waals surface area contributed by atoms with Crippen molar-refractivity contribution in [3.05, 3.63) is 53.8 Å². The van der Waals surface area contributed by atoms with Crippen molar-refractivity contribution in [2.24, 2.45) is 0 Å². The molecule has 1 saturated heterocycles. The van der Waals surface area contributed by atoms with E-state index in [4.69, 9.17) is 9.26 Å². The van der Waals surface area contributed by atoms with E-state index in [1.165, 1.54) is 12.4 Å². The topological polar surface area (TPSA) is 107 Å². The van der Waals surface area contributed by atoms with Gasteiger partial charge in [-0.3, -0.25) is 9.78 Å². The fourth-order valence-corrected chi connectivity index (χ4v) is 3.48. The molecule has 1 aliphatic rings. The normalized spacial score (nSPS) is 16.8. The van der Waals surface area contributed by atoms with E-state index in [1.807, 2.05) is 19.9 Å². The van der Waals surface area contributed by atoms with Gasteiger partial charge >= 0.3 is 0 Å². The van der Waals surface area contributed by atoms with E-state index >= 15 is 0 Å². The SMILES string of the molecule is Cc1noc(C)c1-c1cc(CCC2CN(C(=O)c3cnccn3)CCO2)ncn1. The summed E-state index contributed by atoms with van der Waals surface area (Å²) in [6, 6.07) is 1.96. The number of hydrogen-bond donors (Lipinski definition) is 0. The lowest BCUT2D eigenvalue weighted by atomic mass is 10.1. The number of rotatable bonds is 5. The van der Waals surface area contributed by atoms with Crippen LogP contribution in [0, 0.1) is 13.8 Å². The first-order valence-electron chi connectivity index (χ1n) is 9.53. The van der Waals surface area contributed by atoms with Crippen LogP contribution in [0.5, 0.6) is 0 Å². The van der Waals surface area contributed by atoms with Gasteiger partial charge in [0.2, 0.25) is 0 Å². The van der Waals surface area contributed by atoms with Gasteiger partial charge < -0.3 is 14.2 Å². The van der Waals surface area contributed by atoms with Gasteiger partial charge in [-0.25, -0.2) is 15.0 Å². The molecule has 4 heterocycles. The lowest BCUT2D eigenvalue weighted by molar-refractivity contribution is -0.0248. The van der Waals surface area contributed by atoms with Gasteiger partial charge in [0.15, 0.2) is 0 Å². The molecular weight excluding hydrogens is 372 g/mol. The highest BCUT2D eigenvalue weighted by atomic mass is 16.5. The summed E-state index contributed by atoms with van der Waals surface area (Å²) in [6.07, 6.45) is 7.54. The zero-order valence-corrected chi connectivity index (χ0v) is 16.4. The molecule has 0 spiro atoms. The summed E-state index contributed by atoms with van der Waals surface area (Å²) < 4.78 is 11.1. The minimum atomic E-state index is -0.117. The van der Waals surface area contributed by atoms with Crippen molar-refractivity contribution in [2.75, 3.05) is 19.7 Å². The van der Waals surface area contributed by atoms with Crippen molar-refractivity contribution >= 4 is 5.91 Å². The molecule has 0 radical (unpaired) electrons. The summed E-state index contributed by atoms with van der Waals surface area (Å²) in [5, 5.41) is 3.99. The van der Waals surface area contributed by atoms with Crippen LogP contribution >= 0.6 is 0 Å². The minimum Gasteiger partial charge on any atom is -0.375 e. The zero-order chi connectivity index (χ0) is 20.2. The van der Waals surface area contributed by atoms with Crippen LogP contribution in [0.4, 0.5) is 0 Å². The maximum atomic E-state index is 12.6. The third-order valence-corrected chi connectivity index (χ3v) is 4.94. The molecule has 0 N–H and O–H groups in total.